The monoisotopic (exact) mass is 507 g/mol. The van der Waals surface area contributed by atoms with E-state index < -0.39 is 23.7 Å². The predicted molar refractivity (Wildman–Crippen MR) is 126 cm³/mol. The van der Waals surface area contributed by atoms with Gasteiger partial charge in [-0.05, 0) is 41.8 Å². The van der Waals surface area contributed by atoms with Gasteiger partial charge in [0.05, 0.1) is 29.2 Å². The zero-order chi connectivity index (χ0) is 24.9. The lowest BCUT2D eigenvalue weighted by atomic mass is 10.1. The number of rotatable bonds is 6. The molecule has 0 spiro atoms. The number of nitrogens with two attached hydrogens (primary N) is 1. The van der Waals surface area contributed by atoms with E-state index in [1.807, 2.05) is 0 Å². The Morgan fingerprint density at radius 1 is 1.09 bits per heavy atom. The number of ether oxygens (including phenoxy) is 1. The van der Waals surface area contributed by atoms with Crippen LogP contribution in [0.25, 0.3) is 0 Å². The molecular weight excluding hydrogens is 491 g/mol. The third-order valence-corrected chi connectivity index (χ3v) is 5.65. The van der Waals surface area contributed by atoms with Crippen LogP contribution in [0.4, 0.5) is 24.5 Å². The van der Waals surface area contributed by atoms with Crippen LogP contribution in [0.2, 0.25) is 5.02 Å². The molecule has 0 aliphatic heterocycles. The standard InChI is InChI=1S/C23H17ClF3N3O3S/c1-33-22(32)20-17(10-11-34-20)30-21(31)14-8-6-13(7-9-14)18(12-19(28)23(25,26)27)29-16-5-3-2-4-15(16)24/h2-12H,28H2,1H3,(H,30,31). The molecule has 2 aromatic carbocycles. The van der Waals surface area contributed by atoms with Crippen molar-refractivity contribution in [1.29, 1.82) is 0 Å². The molecular formula is C23H17ClF3N3O3S. The van der Waals surface area contributed by atoms with Crippen LogP contribution >= 0.6 is 22.9 Å². The predicted octanol–water partition coefficient (Wildman–Crippen LogP) is 5.97. The van der Waals surface area contributed by atoms with Crippen LogP contribution in [-0.4, -0.2) is 30.9 Å². The molecule has 6 nitrogen and oxygen atoms in total. The van der Waals surface area contributed by atoms with E-state index in [9.17, 15) is 22.8 Å². The number of hydrogen-bond acceptors (Lipinski definition) is 6. The van der Waals surface area contributed by atoms with Gasteiger partial charge in [0, 0.05) is 11.1 Å². The number of carbonyl (C=O) groups is 2. The molecule has 1 amide bonds. The minimum absolute atomic E-state index is 0.0966. The number of benzene rings is 2. The highest BCUT2D eigenvalue weighted by molar-refractivity contribution is 7.12. The average Bonchev–Trinajstić information content (AvgIpc) is 3.27. The smallest absolute Gasteiger partial charge is 0.430 e. The molecule has 3 aromatic rings. The molecule has 176 valence electrons. The quantitative estimate of drug-likeness (QED) is 0.317. The Labute approximate surface area is 201 Å². The first-order chi connectivity index (χ1) is 16.1. The maximum atomic E-state index is 13.0. The lowest BCUT2D eigenvalue weighted by Gasteiger charge is -2.10. The van der Waals surface area contributed by atoms with Crippen LogP contribution in [0.3, 0.4) is 0 Å². The summed E-state index contributed by atoms with van der Waals surface area (Å²) in [7, 11) is 1.23. The normalized spacial score (nSPS) is 12.4. The van der Waals surface area contributed by atoms with E-state index in [4.69, 9.17) is 17.3 Å². The molecule has 0 saturated carbocycles. The maximum Gasteiger partial charge on any atom is 0.430 e. The second-order valence-electron chi connectivity index (χ2n) is 6.73. The van der Waals surface area contributed by atoms with Crippen LogP contribution in [0.5, 0.6) is 0 Å². The van der Waals surface area contributed by atoms with Crippen molar-refractivity contribution in [3.8, 4) is 0 Å². The number of thiophene rings is 1. The van der Waals surface area contributed by atoms with Crippen molar-refractivity contribution in [2.75, 3.05) is 12.4 Å². The Morgan fingerprint density at radius 3 is 2.35 bits per heavy atom. The van der Waals surface area contributed by atoms with Gasteiger partial charge >= 0.3 is 12.1 Å². The summed E-state index contributed by atoms with van der Waals surface area (Å²) in [5.41, 5.74) is 4.78. The molecule has 0 aliphatic rings. The van der Waals surface area contributed by atoms with Crippen molar-refractivity contribution < 1.29 is 27.5 Å². The Hall–Kier alpha value is -3.63. The minimum atomic E-state index is -4.75. The van der Waals surface area contributed by atoms with E-state index in [0.717, 1.165) is 11.3 Å². The van der Waals surface area contributed by atoms with Gasteiger partial charge in [0.1, 0.15) is 10.6 Å². The largest absolute Gasteiger partial charge is 0.465 e. The molecule has 1 aromatic heterocycles. The first kappa shape index (κ1) is 25.0. The molecule has 3 rings (SSSR count). The Balaban J connectivity index is 1.92. The highest BCUT2D eigenvalue weighted by Gasteiger charge is 2.31. The van der Waals surface area contributed by atoms with Gasteiger partial charge in [-0.1, -0.05) is 35.9 Å². The number of methoxy groups -OCH3 is 1. The maximum absolute atomic E-state index is 13.0. The fourth-order valence-corrected chi connectivity index (χ4v) is 3.67. The number of alkyl halides is 3. The van der Waals surface area contributed by atoms with Crippen molar-refractivity contribution in [2.24, 2.45) is 10.7 Å². The molecule has 1 heterocycles. The van der Waals surface area contributed by atoms with Gasteiger partial charge < -0.3 is 15.8 Å². The second-order valence-corrected chi connectivity index (χ2v) is 8.06. The number of esters is 1. The number of aliphatic imine (C=N–C) groups is 1. The van der Waals surface area contributed by atoms with Crippen molar-refractivity contribution in [3.63, 3.8) is 0 Å². The van der Waals surface area contributed by atoms with Gasteiger partial charge in [-0.3, -0.25) is 4.79 Å². The summed E-state index contributed by atoms with van der Waals surface area (Å²) in [6, 6.07) is 13.6. The fraction of sp³-hybridized carbons (Fsp3) is 0.0870. The molecule has 0 unspecified atom stereocenters. The minimum Gasteiger partial charge on any atom is -0.465 e. The number of nitrogens with zero attached hydrogens (tertiary/aromatic N) is 1. The van der Waals surface area contributed by atoms with Crippen LogP contribution < -0.4 is 11.1 Å². The molecule has 34 heavy (non-hydrogen) atoms. The van der Waals surface area contributed by atoms with Crippen molar-refractivity contribution in [1.82, 2.24) is 0 Å². The van der Waals surface area contributed by atoms with E-state index in [2.05, 4.69) is 15.0 Å². The highest BCUT2D eigenvalue weighted by atomic mass is 35.5. The second kappa shape index (κ2) is 10.5. The van der Waals surface area contributed by atoms with Gasteiger partial charge in [-0.2, -0.15) is 13.2 Å². The summed E-state index contributed by atoms with van der Waals surface area (Å²) < 4.78 is 43.8. The third kappa shape index (κ3) is 6.03. The van der Waals surface area contributed by atoms with Crippen LogP contribution in [0.15, 0.2) is 76.7 Å². The molecule has 0 radical (unpaired) electrons. The Kier molecular flexibility index (Phi) is 7.75. The van der Waals surface area contributed by atoms with Gasteiger partial charge in [0.25, 0.3) is 5.91 Å². The molecule has 0 aliphatic carbocycles. The summed E-state index contributed by atoms with van der Waals surface area (Å²) >= 11 is 7.21. The average molecular weight is 508 g/mol. The van der Waals surface area contributed by atoms with E-state index in [1.165, 1.54) is 31.4 Å². The first-order valence-electron chi connectivity index (χ1n) is 9.55. The zero-order valence-electron chi connectivity index (χ0n) is 17.5. The first-order valence-corrected chi connectivity index (χ1v) is 10.8. The number of anilines is 1. The van der Waals surface area contributed by atoms with E-state index in [0.29, 0.717) is 6.08 Å². The summed E-state index contributed by atoms with van der Waals surface area (Å²) in [6.07, 6.45) is -4.05. The highest BCUT2D eigenvalue weighted by Crippen LogP contribution is 2.27. The molecule has 3 N–H and O–H groups in total. The van der Waals surface area contributed by atoms with Crippen LogP contribution in [0.1, 0.15) is 25.6 Å². The molecule has 0 bridgehead atoms. The van der Waals surface area contributed by atoms with Gasteiger partial charge in [0.15, 0.2) is 0 Å². The third-order valence-electron chi connectivity index (χ3n) is 4.44. The number of halogens is 4. The number of para-hydroxylation sites is 1. The van der Waals surface area contributed by atoms with E-state index in [1.54, 1.807) is 35.7 Å². The van der Waals surface area contributed by atoms with Crippen LogP contribution in [-0.2, 0) is 4.74 Å². The topological polar surface area (TPSA) is 93.8 Å². The Morgan fingerprint density at radius 2 is 1.74 bits per heavy atom. The van der Waals surface area contributed by atoms with Crippen molar-refractivity contribution in [2.45, 2.75) is 6.18 Å². The lowest BCUT2D eigenvalue weighted by Crippen LogP contribution is -2.21. The van der Waals surface area contributed by atoms with Crippen LogP contribution in [0, 0.1) is 0 Å². The summed E-state index contributed by atoms with van der Waals surface area (Å²) in [4.78, 5) is 28.9. The molecule has 0 saturated heterocycles. The van der Waals surface area contributed by atoms with Gasteiger partial charge in [0.2, 0.25) is 0 Å². The van der Waals surface area contributed by atoms with E-state index >= 15 is 0 Å². The summed E-state index contributed by atoms with van der Waals surface area (Å²) in [5, 5.41) is 4.48. The van der Waals surface area contributed by atoms with Crippen molar-refractivity contribution in [3.05, 3.63) is 92.8 Å². The number of hydrogen-bond donors (Lipinski definition) is 2. The molecule has 11 heteroatoms. The number of carbonyl (C=O) groups excluding carboxylic acids is 2. The number of amides is 1. The van der Waals surface area contributed by atoms with Gasteiger partial charge in [-0.15, -0.1) is 11.3 Å². The number of allylic oxidation sites excluding steroid dienone is 2. The van der Waals surface area contributed by atoms with Gasteiger partial charge in [-0.25, -0.2) is 9.79 Å². The fourth-order valence-electron chi connectivity index (χ4n) is 2.73. The van der Waals surface area contributed by atoms with Crippen molar-refractivity contribution >= 4 is 51.9 Å². The molecule has 0 atom stereocenters. The Bertz CT molecular complexity index is 1270. The SMILES string of the molecule is COC(=O)c1sccc1NC(=O)c1ccc(C(C=C(N)C(F)(F)F)=Nc2ccccc2Cl)cc1. The van der Waals surface area contributed by atoms with E-state index in [-0.39, 0.29) is 38.1 Å². The summed E-state index contributed by atoms with van der Waals surface area (Å²) in [5.74, 6) is -1.11. The lowest BCUT2D eigenvalue weighted by molar-refractivity contribution is -0.0925. The summed E-state index contributed by atoms with van der Waals surface area (Å²) in [6.45, 7) is 0. The zero-order valence-corrected chi connectivity index (χ0v) is 19.1. The molecule has 0 fully saturated rings. The number of nitrogens with one attached hydrogen (secondary N) is 1.